The number of aromatic amines is 1. The van der Waals surface area contributed by atoms with E-state index >= 15 is 0 Å². The number of amides is 2. The Hall–Kier alpha value is -4.09. The lowest BCUT2D eigenvalue weighted by molar-refractivity contribution is -0.157. The molecule has 6 rings (SSSR count). The van der Waals surface area contributed by atoms with Crippen LogP contribution >= 0.6 is 0 Å². The molecule has 2 saturated heterocycles. The number of nitrogens with one attached hydrogen (secondary N) is 1. The largest absolute Gasteiger partial charge is 0.494 e. The Balaban J connectivity index is 1.13. The number of ether oxygens (including phenoxy) is 2. The van der Waals surface area contributed by atoms with Crippen molar-refractivity contribution in [3.05, 3.63) is 60.4 Å². The van der Waals surface area contributed by atoms with Crippen molar-refractivity contribution in [2.24, 2.45) is 5.92 Å². The van der Waals surface area contributed by atoms with E-state index < -0.39 is 5.60 Å². The first-order valence-corrected chi connectivity index (χ1v) is 16.5. The van der Waals surface area contributed by atoms with Crippen molar-refractivity contribution in [3.63, 3.8) is 0 Å². The van der Waals surface area contributed by atoms with Gasteiger partial charge in [0, 0.05) is 80.9 Å². The molecular formula is C35H46N6O5. The van der Waals surface area contributed by atoms with Crippen molar-refractivity contribution in [1.82, 2.24) is 25.1 Å². The molecule has 2 N–H and O–H groups in total. The van der Waals surface area contributed by atoms with Crippen LogP contribution in [0.25, 0.3) is 11.1 Å². The van der Waals surface area contributed by atoms with Gasteiger partial charge in [0.1, 0.15) is 11.5 Å². The van der Waals surface area contributed by atoms with Crippen LogP contribution in [-0.4, -0.2) is 99.6 Å². The first kappa shape index (κ1) is 31.9. The fourth-order valence-corrected chi connectivity index (χ4v) is 6.53. The van der Waals surface area contributed by atoms with Crippen LogP contribution in [0.3, 0.4) is 0 Å². The molecular weight excluding hydrogens is 584 g/mol. The van der Waals surface area contributed by atoms with E-state index in [4.69, 9.17) is 9.47 Å². The minimum atomic E-state index is -1.06. The quantitative estimate of drug-likeness (QED) is 0.317. The molecule has 2 aliphatic heterocycles. The minimum absolute atomic E-state index is 0.0987. The topological polar surface area (TPSA) is 114 Å². The molecule has 1 aliphatic carbocycles. The van der Waals surface area contributed by atoms with Crippen molar-refractivity contribution < 1.29 is 24.3 Å². The Morgan fingerprint density at radius 2 is 1.85 bits per heavy atom. The second-order valence-electron chi connectivity index (χ2n) is 13.1. The maximum atomic E-state index is 14.1. The number of benzene rings is 2. The number of hydrogen-bond acceptors (Lipinski definition) is 8. The number of nitrogens with zero attached hydrogens (tertiary/aromatic N) is 5. The van der Waals surface area contributed by atoms with Crippen LogP contribution in [-0.2, 0) is 16.1 Å². The van der Waals surface area contributed by atoms with Crippen molar-refractivity contribution in [2.45, 2.75) is 64.6 Å². The Morgan fingerprint density at radius 1 is 1.04 bits per heavy atom. The Bertz CT molecular complexity index is 1500. The van der Waals surface area contributed by atoms with Crippen LogP contribution in [0.2, 0.25) is 0 Å². The molecule has 0 spiro atoms. The van der Waals surface area contributed by atoms with E-state index in [1.165, 1.54) is 5.06 Å². The van der Waals surface area contributed by atoms with Gasteiger partial charge in [-0.2, -0.15) is 10.2 Å². The molecule has 0 bridgehead atoms. The fourth-order valence-electron chi connectivity index (χ4n) is 6.53. The molecule has 11 heteroatoms. The van der Waals surface area contributed by atoms with Crippen LogP contribution in [0.5, 0.6) is 11.5 Å². The SMILES string of the molecule is CCOc1cc(-c2cn[nH]c2)ccc1CN(C(=O)[C@@H]1CCCN(c2cccc(OC(C)(C)C(=O)N3CCN(O)CC3)c2)C1)C1CC1. The molecule has 2 aromatic carbocycles. The predicted molar refractivity (Wildman–Crippen MR) is 175 cm³/mol. The maximum Gasteiger partial charge on any atom is 0.266 e. The molecule has 0 unspecified atom stereocenters. The van der Waals surface area contributed by atoms with Crippen molar-refractivity contribution in [1.29, 1.82) is 0 Å². The van der Waals surface area contributed by atoms with Gasteiger partial charge in [-0.15, -0.1) is 0 Å². The summed E-state index contributed by atoms with van der Waals surface area (Å²) in [7, 11) is 0. The van der Waals surface area contributed by atoms with Crippen LogP contribution in [0.4, 0.5) is 5.69 Å². The minimum Gasteiger partial charge on any atom is -0.494 e. The van der Waals surface area contributed by atoms with Gasteiger partial charge in [0.15, 0.2) is 5.60 Å². The second kappa shape index (κ2) is 13.7. The van der Waals surface area contributed by atoms with Crippen LogP contribution < -0.4 is 14.4 Å². The predicted octanol–water partition coefficient (Wildman–Crippen LogP) is 4.57. The van der Waals surface area contributed by atoms with Crippen LogP contribution in [0, 0.1) is 5.92 Å². The van der Waals surface area contributed by atoms with E-state index in [0.717, 1.165) is 60.4 Å². The van der Waals surface area contributed by atoms with Crippen LogP contribution in [0.1, 0.15) is 52.0 Å². The molecule has 246 valence electrons. The first-order valence-electron chi connectivity index (χ1n) is 16.5. The molecule has 3 fully saturated rings. The molecule has 2 amide bonds. The monoisotopic (exact) mass is 630 g/mol. The zero-order valence-corrected chi connectivity index (χ0v) is 27.2. The molecule has 3 heterocycles. The van der Waals surface area contributed by atoms with Crippen molar-refractivity contribution in [3.8, 4) is 22.6 Å². The zero-order valence-electron chi connectivity index (χ0n) is 27.2. The van der Waals surface area contributed by atoms with Gasteiger partial charge in [0.05, 0.1) is 18.7 Å². The molecule has 11 nitrogen and oxygen atoms in total. The highest BCUT2D eigenvalue weighted by Gasteiger charge is 2.39. The van der Waals surface area contributed by atoms with E-state index in [1.807, 2.05) is 43.5 Å². The highest BCUT2D eigenvalue weighted by molar-refractivity contribution is 5.85. The number of piperidine rings is 1. The molecule has 0 radical (unpaired) electrons. The highest BCUT2D eigenvalue weighted by Crippen LogP contribution is 2.36. The number of anilines is 1. The highest BCUT2D eigenvalue weighted by atomic mass is 16.5. The average molecular weight is 631 g/mol. The number of H-pyrrole nitrogens is 1. The normalized spacial score (nSPS) is 19.2. The molecule has 1 saturated carbocycles. The van der Waals surface area contributed by atoms with Gasteiger partial charge >= 0.3 is 0 Å². The van der Waals surface area contributed by atoms with Gasteiger partial charge in [-0.1, -0.05) is 18.2 Å². The molecule has 3 aromatic rings. The van der Waals surface area contributed by atoms with Crippen LogP contribution in [0.15, 0.2) is 54.9 Å². The summed E-state index contributed by atoms with van der Waals surface area (Å²) in [4.78, 5) is 33.5. The maximum absolute atomic E-state index is 14.1. The third-order valence-electron chi connectivity index (χ3n) is 9.19. The van der Waals surface area contributed by atoms with E-state index in [0.29, 0.717) is 51.6 Å². The Morgan fingerprint density at radius 3 is 2.57 bits per heavy atom. The van der Waals surface area contributed by atoms with Crippen molar-refractivity contribution >= 4 is 17.5 Å². The average Bonchev–Trinajstić information content (AvgIpc) is 3.76. The van der Waals surface area contributed by atoms with Gasteiger partial charge in [0.2, 0.25) is 5.91 Å². The lowest BCUT2D eigenvalue weighted by Crippen LogP contribution is -2.55. The summed E-state index contributed by atoms with van der Waals surface area (Å²) >= 11 is 0. The first-order chi connectivity index (χ1) is 22.2. The van der Waals surface area contributed by atoms with Gasteiger partial charge in [-0.05, 0) is 70.2 Å². The smallest absolute Gasteiger partial charge is 0.266 e. The Labute approximate surface area is 271 Å². The van der Waals surface area contributed by atoms with Gasteiger partial charge in [0.25, 0.3) is 5.91 Å². The summed E-state index contributed by atoms with van der Waals surface area (Å²) in [6.45, 7) is 9.91. The lowest BCUT2D eigenvalue weighted by atomic mass is 9.95. The number of hydrogen-bond donors (Lipinski definition) is 2. The molecule has 1 atom stereocenters. The van der Waals surface area contributed by atoms with Gasteiger partial charge < -0.3 is 29.4 Å². The van der Waals surface area contributed by atoms with Crippen molar-refractivity contribution in [2.75, 3.05) is 50.8 Å². The number of rotatable bonds is 11. The van der Waals surface area contributed by atoms with Gasteiger partial charge in [-0.25, -0.2) is 0 Å². The summed E-state index contributed by atoms with van der Waals surface area (Å²) in [5.41, 5.74) is 2.96. The number of carbonyl (C=O) groups excluding carboxylic acids is 2. The summed E-state index contributed by atoms with van der Waals surface area (Å²) in [5, 5.41) is 17.9. The molecule has 1 aromatic heterocycles. The number of piperazine rings is 1. The lowest BCUT2D eigenvalue weighted by Gasteiger charge is -2.37. The van der Waals surface area contributed by atoms with Gasteiger partial charge in [-0.3, -0.25) is 14.7 Å². The summed E-state index contributed by atoms with van der Waals surface area (Å²) in [6.07, 6.45) is 7.50. The van der Waals surface area contributed by atoms with E-state index in [9.17, 15) is 14.8 Å². The third-order valence-corrected chi connectivity index (χ3v) is 9.19. The molecule has 46 heavy (non-hydrogen) atoms. The third kappa shape index (κ3) is 7.31. The fraction of sp³-hybridized carbons (Fsp3) is 0.514. The number of aromatic nitrogens is 2. The van der Waals surface area contributed by atoms with E-state index in [2.05, 4.69) is 32.1 Å². The number of carbonyl (C=O) groups is 2. The Kier molecular flexibility index (Phi) is 9.51. The standard InChI is InChI=1S/C35H46N6O5/c1-4-45-32-19-25(28-21-36-37-22-28)10-11-26(32)24-41(29-12-13-29)33(42)27-7-6-14-39(23-27)30-8-5-9-31(20-30)46-35(2,3)34(43)38-15-17-40(44)18-16-38/h5,8-11,19-22,27,29,44H,4,6-7,12-18,23-24H2,1-3H3,(H,36,37)/t27-/m1/s1. The second-order valence-corrected chi connectivity index (χ2v) is 13.1. The van der Waals surface area contributed by atoms with E-state index in [-0.39, 0.29) is 23.8 Å². The summed E-state index contributed by atoms with van der Waals surface area (Å²) < 4.78 is 12.3. The summed E-state index contributed by atoms with van der Waals surface area (Å²) in [6, 6.07) is 14.3. The zero-order chi connectivity index (χ0) is 32.3. The number of hydroxylamine groups is 2. The molecule has 3 aliphatic rings. The summed E-state index contributed by atoms with van der Waals surface area (Å²) in [5.74, 6) is 1.42. The van der Waals surface area contributed by atoms with E-state index in [1.54, 1.807) is 24.9 Å².